The Labute approximate surface area is 131 Å². The smallest absolute Gasteiger partial charge is 0.165 e. The second-order valence-electron chi connectivity index (χ2n) is 6.05. The van der Waals surface area contributed by atoms with E-state index in [2.05, 4.69) is 5.32 Å². The Hall–Kier alpha value is -1.17. The van der Waals surface area contributed by atoms with Crippen LogP contribution in [0.5, 0.6) is 5.75 Å². The van der Waals surface area contributed by atoms with E-state index in [4.69, 9.17) is 4.74 Å². The van der Waals surface area contributed by atoms with Gasteiger partial charge in [0.15, 0.2) is 11.6 Å². The molecule has 1 unspecified atom stereocenters. The fraction of sp³-hybridized carbons (Fsp3) is 0.647. The number of hydrogen-bond acceptors (Lipinski definition) is 4. The predicted molar refractivity (Wildman–Crippen MR) is 83.3 cm³/mol. The Bertz CT molecular complexity index is 477. The Morgan fingerprint density at radius 3 is 2.91 bits per heavy atom. The van der Waals surface area contributed by atoms with Gasteiger partial charge in [0.2, 0.25) is 0 Å². The van der Waals surface area contributed by atoms with E-state index < -0.39 is 17.2 Å². The SMILES string of the molecule is COCCCC[C@@](O)(c1cccc(F)c1O)C1CCCNC1. The molecule has 1 aliphatic heterocycles. The lowest BCUT2D eigenvalue weighted by Gasteiger charge is -2.39. The van der Waals surface area contributed by atoms with Crippen molar-refractivity contribution in [2.75, 3.05) is 26.8 Å². The fourth-order valence-electron chi connectivity index (χ4n) is 3.32. The normalized spacial score (nSPS) is 21.5. The third-order valence-electron chi connectivity index (χ3n) is 4.58. The number of unbranched alkanes of at least 4 members (excludes halogenated alkanes) is 1. The van der Waals surface area contributed by atoms with Crippen LogP contribution in [0.2, 0.25) is 0 Å². The summed E-state index contributed by atoms with van der Waals surface area (Å²) in [7, 11) is 1.65. The maximum Gasteiger partial charge on any atom is 0.165 e. The van der Waals surface area contributed by atoms with Crippen molar-refractivity contribution in [2.45, 2.75) is 37.7 Å². The monoisotopic (exact) mass is 311 g/mol. The zero-order chi connectivity index (χ0) is 16.0. The lowest BCUT2D eigenvalue weighted by atomic mass is 9.74. The number of piperidine rings is 1. The molecule has 0 aromatic heterocycles. The number of rotatable bonds is 7. The molecule has 3 N–H and O–H groups in total. The van der Waals surface area contributed by atoms with Crippen LogP contribution >= 0.6 is 0 Å². The second kappa shape index (κ2) is 7.90. The third kappa shape index (κ3) is 3.77. The van der Waals surface area contributed by atoms with Gasteiger partial charge in [-0.1, -0.05) is 12.1 Å². The first-order chi connectivity index (χ1) is 10.6. The van der Waals surface area contributed by atoms with Crippen LogP contribution in [0.1, 0.15) is 37.7 Å². The van der Waals surface area contributed by atoms with Gasteiger partial charge in [0, 0.05) is 31.7 Å². The first-order valence-corrected chi connectivity index (χ1v) is 7.99. The van der Waals surface area contributed by atoms with Gasteiger partial charge in [0.05, 0.1) is 5.60 Å². The molecule has 0 radical (unpaired) electrons. The van der Waals surface area contributed by atoms with Crippen molar-refractivity contribution in [2.24, 2.45) is 5.92 Å². The molecule has 2 atom stereocenters. The highest BCUT2D eigenvalue weighted by Crippen LogP contribution is 2.42. The number of phenolic OH excluding ortho intramolecular Hbond substituents is 1. The summed E-state index contributed by atoms with van der Waals surface area (Å²) in [5.74, 6) is -1.14. The van der Waals surface area contributed by atoms with E-state index in [0.717, 1.165) is 32.2 Å². The average Bonchev–Trinajstić information content (AvgIpc) is 2.55. The molecule has 0 aliphatic carbocycles. The lowest BCUT2D eigenvalue weighted by Crippen LogP contribution is -2.44. The molecule has 0 amide bonds. The quantitative estimate of drug-likeness (QED) is 0.677. The predicted octanol–water partition coefficient (Wildman–Crippen LogP) is 2.54. The summed E-state index contributed by atoms with van der Waals surface area (Å²) in [5.41, 5.74) is -0.911. The Kier molecular flexibility index (Phi) is 6.17. The zero-order valence-electron chi connectivity index (χ0n) is 13.1. The van der Waals surface area contributed by atoms with E-state index in [0.29, 0.717) is 25.1 Å². The second-order valence-corrected chi connectivity index (χ2v) is 6.05. The molecule has 1 aliphatic rings. The molecule has 1 aromatic carbocycles. The van der Waals surface area contributed by atoms with Crippen LogP contribution in [-0.4, -0.2) is 37.0 Å². The highest BCUT2D eigenvalue weighted by atomic mass is 19.1. The first kappa shape index (κ1) is 17.2. The van der Waals surface area contributed by atoms with Gasteiger partial charge in [-0.3, -0.25) is 0 Å². The molecule has 5 heteroatoms. The number of phenols is 1. The van der Waals surface area contributed by atoms with Crippen molar-refractivity contribution in [3.8, 4) is 5.75 Å². The van der Waals surface area contributed by atoms with E-state index in [1.54, 1.807) is 19.2 Å². The number of para-hydroxylation sites is 1. The molecular formula is C17H26FNO3. The van der Waals surface area contributed by atoms with E-state index in [9.17, 15) is 14.6 Å². The van der Waals surface area contributed by atoms with Gasteiger partial charge in [-0.25, -0.2) is 4.39 Å². The van der Waals surface area contributed by atoms with Crippen molar-refractivity contribution in [3.05, 3.63) is 29.6 Å². The number of aromatic hydroxyl groups is 1. The minimum Gasteiger partial charge on any atom is -0.505 e. The molecule has 4 nitrogen and oxygen atoms in total. The van der Waals surface area contributed by atoms with Crippen molar-refractivity contribution in [3.63, 3.8) is 0 Å². The van der Waals surface area contributed by atoms with Crippen molar-refractivity contribution in [1.82, 2.24) is 5.32 Å². The number of hydrogen-bond donors (Lipinski definition) is 3. The molecule has 1 fully saturated rings. The van der Waals surface area contributed by atoms with Crippen molar-refractivity contribution < 1.29 is 19.3 Å². The molecule has 1 aromatic rings. The molecule has 0 spiro atoms. The van der Waals surface area contributed by atoms with Gasteiger partial charge in [-0.2, -0.15) is 0 Å². The van der Waals surface area contributed by atoms with Crippen molar-refractivity contribution >= 4 is 0 Å². The number of methoxy groups -OCH3 is 1. The van der Waals surface area contributed by atoms with Crippen LogP contribution in [0.3, 0.4) is 0 Å². The standard InChI is InChI=1S/C17H26FNO3/c1-22-11-3-2-9-17(21,13-6-5-10-19-12-13)14-7-4-8-15(18)16(14)20/h4,7-8,13,19-21H,2-3,5-6,9-12H2,1H3/t13?,17-/m0/s1. The van der Waals surface area contributed by atoms with Crippen LogP contribution in [0.4, 0.5) is 4.39 Å². The largest absolute Gasteiger partial charge is 0.505 e. The van der Waals surface area contributed by atoms with Crippen LogP contribution < -0.4 is 5.32 Å². The summed E-state index contributed by atoms with van der Waals surface area (Å²) in [6.07, 6.45) is 3.91. The van der Waals surface area contributed by atoms with Crippen LogP contribution in [-0.2, 0) is 10.3 Å². The molecule has 1 saturated heterocycles. The number of benzene rings is 1. The fourth-order valence-corrected chi connectivity index (χ4v) is 3.32. The number of nitrogens with one attached hydrogen (secondary N) is 1. The highest BCUT2D eigenvalue weighted by Gasteiger charge is 2.40. The zero-order valence-corrected chi connectivity index (χ0v) is 13.1. The maximum atomic E-state index is 13.7. The average molecular weight is 311 g/mol. The molecule has 0 saturated carbocycles. The highest BCUT2D eigenvalue weighted by molar-refractivity contribution is 5.38. The number of aliphatic hydroxyl groups is 1. The first-order valence-electron chi connectivity index (χ1n) is 7.99. The van der Waals surface area contributed by atoms with Crippen LogP contribution in [0, 0.1) is 11.7 Å². The number of ether oxygens (including phenoxy) is 1. The Morgan fingerprint density at radius 1 is 1.41 bits per heavy atom. The van der Waals surface area contributed by atoms with E-state index in [1.807, 2.05) is 0 Å². The van der Waals surface area contributed by atoms with E-state index >= 15 is 0 Å². The van der Waals surface area contributed by atoms with Crippen LogP contribution in [0.15, 0.2) is 18.2 Å². The van der Waals surface area contributed by atoms with E-state index in [-0.39, 0.29) is 5.92 Å². The Balaban J connectivity index is 2.25. The van der Waals surface area contributed by atoms with Gasteiger partial charge in [0.25, 0.3) is 0 Å². The number of halogens is 1. The molecular weight excluding hydrogens is 285 g/mol. The van der Waals surface area contributed by atoms with Gasteiger partial charge in [0.1, 0.15) is 0 Å². The van der Waals surface area contributed by atoms with Gasteiger partial charge in [-0.05, 0) is 44.7 Å². The summed E-state index contributed by atoms with van der Waals surface area (Å²) in [6, 6.07) is 4.38. The summed E-state index contributed by atoms with van der Waals surface area (Å²) >= 11 is 0. The molecule has 124 valence electrons. The van der Waals surface area contributed by atoms with Gasteiger partial charge >= 0.3 is 0 Å². The van der Waals surface area contributed by atoms with Gasteiger partial charge < -0.3 is 20.3 Å². The minimum absolute atomic E-state index is 0.0310. The van der Waals surface area contributed by atoms with Crippen LogP contribution in [0.25, 0.3) is 0 Å². The molecule has 22 heavy (non-hydrogen) atoms. The topological polar surface area (TPSA) is 61.7 Å². The summed E-state index contributed by atoms with van der Waals surface area (Å²) < 4.78 is 18.8. The summed E-state index contributed by atoms with van der Waals surface area (Å²) in [5, 5.41) is 24.7. The Morgan fingerprint density at radius 2 is 2.23 bits per heavy atom. The molecule has 1 heterocycles. The maximum absolute atomic E-state index is 13.7. The van der Waals surface area contributed by atoms with E-state index in [1.165, 1.54) is 6.07 Å². The molecule has 0 bridgehead atoms. The molecule has 2 rings (SSSR count). The lowest BCUT2D eigenvalue weighted by molar-refractivity contribution is -0.0452. The summed E-state index contributed by atoms with van der Waals surface area (Å²) in [6.45, 7) is 2.25. The van der Waals surface area contributed by atoms with Crippen molar-refractivity contribution in [1.29, 1.82) is 0 Å². The summed E-state index contributed by atoms with van der Waals surface area (Å²) in [4.78, 5) is 0. The minimum atomic E-state index is -1.21. The third-order valence-corrected chi connectivity index (χ3v) is 4.58. The van der Waals surface area contributed by atoms with Gasteiger partial charge in [-0.15, -0.1) is 0 Å².